The molecule has 1 aliphatic rings. The second kappa shape index (κ2) is 11.2. The summed E-state index contributed by atoms with van der Waals surface area (Å²) in [6, 6.07) is 5.05. The van der Waals surface area contributed by atoms with E-state index < -0.39 is 18.1 Å². The molecule has 4 rings (SSSR count). The molecular formula is C26H34N6O5. The van der Waals surface area contributed by atoms with Gasteiger partial charge in [0.25, 0.3) is 5.56 Å². The summed E-state index contributed by atoms with van der Waals surface area (Å²) in [5.74, 6) is -0.677. The zero-order valence-electron chi connectivity index (χ0n) is 21.9. The normalized spacial score (nSPS) is 14.8. The monoisotopic (exact) mass is 510 g/mol. The second-order valence-corrected chi connectivity index (χ2v) is 9.38. The van der Waals surface area contributed by atoms with E-state index >= 15 is 0 Å². The molecular weight excluding hydrogens is 476 g/mol. The van der Waals surface area contributed by atoms with E-state index in [1.165, 1.54) is 4.68 Å². The molecule has 1 N–H and O–H groups in total. The van der Waals surface area contributed by atoms with Crippen LogP contribution >= 0.6 is 0 Å². The molecule has 1 fully saturated rings. The van der Waals surface area contributed by atoms with Gasteiger partial charge in [-0.05, 0) is 38.6 Å². The van der Waals surface area contributed by atoms with Gasteiger partial charge in [0.1, 0.15) is 23.6 Å². The molecule has 0 atom stereocenters. The lowest BCUT2D eigenvalue weighted by molar-refractivity contribution is -0.137. The topological polar surface area (TPSA) is 123 Å². The Balaban J connectivity index is 1.86. The van der Waals surface area contributed by atoms with Crippen molar-refractivity contribution in [1.82, 2.24) is 29.1 Å². The molecule has 0 aliphatic carbocycles. The first-order valence-electron chi connectivity index (χ1n) is 12.6. The van der Waals surface area contributed by atoms with Crippen molar-refractivity contribution in [2.45, 2.75) is 33.2 Å². The molecule has 0 unspecified atom stereocenters. The summed E-state index contributed by atoms with van der Waals surface area (Å²) in [4.78, 5) is 47.7. The highest BCUT2D eigenvalue weighted by molar-refractivity contribution is 5.99. The highest BCUT2D eigenvalue weighted by Crippen LogP contribution is 2.31. The molecule has 0 radical (unpaired) electrons. The summed E-state index contributed by atoms with van der Waals surface area (Å²) in [5, 5.41) is 14.1. The summed E-state index contributed by atoms with van der Waals surface area (Å²) in [6.45, 7) is 7.30. The SMILES string of the molecule is CCCc1nn(C)c2c(=O)n(CC(=O)O)c(-c3cc(C(=O)CN4CCN(C)CC4)ccc3OCC)nc12. The number of carboxylic acids is 1. The predicted octanol–water partition coefficient (Wildman–Crippen LogP) is 1.66. The molecule has 3 heterocycles. The maximum Gasteiger partial charge on any atom is 0.323 e. The van der Waals surface area contributed by atoms with E-state index in [9.17, 15) is 19.5 Å². The average molecular weight is 511 g/mol. The number of aliphatic carboxylic acids is 1. The van der Waals surface area contributed by atoms with Crippen molar-refractivity contribution in [3.05, 3.63) is 39.8 Å². The van der Waals surface area contributed by atoms with E-state index in [2.05, 4.69) is 21.9 Å². The van der Waals surface area contributed by atoms with Crippen LogP contribution in [0.3, 0.4) is 0 Å². The molecule has 11 heteroatoms. The number of carbonyl (C=O) groups excluding carboxylic acids is 1. The van der Waals surface area contributed by atoms with Crippen molar-refractivity contribution in [2.75, 3.05) is 46.4 Å². The van der Waals surface area contributed by atoms with Crippen LogP contribution in [0.25, 0.3) is 22.4 Å². The van der Waals surface area contributed by atoms with Crippen molar-refractivity contribution < 1.29 is 19.4 Å². The van der Waals surface area contributed by atoms with Gasteiger partial charge in [-0.25, -0.2) is 4.98 Å². The number of rotatable bonds is 10. The van der Waals surface area contributed by atoms with Gasteiger partial charge in [0.2, 0.25) is 0 Å². The van der Waals surface area contributed by atoms with Crippen molar-refractivity contribution in [3.63, 3.8) is 0 Å². The number of benzene rings is 1. The van der Waals surface area contributed by atoms with Crippen LogP contribution < -0.4 is 10.3 Å². The van der Waals surface area contributed by atoms with Gasteiger partial charge in [0.05, 0.1) is 24.4 Å². The van der Waals surface area contributed by atoms with Gasteiger partial charge in [-0.1, -0.05) is 13.3 Å². The van der Waals surface area contributed by atoms with E-state index in [4.69, 9.17) is 9.72 Å². The molecule has 0 saturated carbocycles. The average Bonchev–Trinajstić information content (AvgIpc) is 3.17. The third-order valence-electron chi connectivity index (χ3n) is 6.60. The lowest BCUT2D eigenvalue weighted by Crippen LogP contribution is -2.46. The van der Waals surface area contributed by atoms with Crippen LogP contribution in [0.15, 0.2) is 23.0 Å². The van der Waals surface area contributed by atoms with Crippen LogP contribution in [0.4, 0.5) is 0 Å². The molecule has 0 spiro atoms. The van der Waals surface area contributed by atoms with E-state index in [-0.39, 0.29) is 23.7 Å². The van der Waals surface area contributed by atoms with Crippen molar-refractivity contribution in [3.8, 4) is 17.1 Å². The van der Waals surface area contributed by atoms with Crippen LogP contribution in [-0.2, 0) is 24.8 Å². The fourth-order valence-electron chi connectivity index (χ4n) is 4.67. The highest BCUT2D eigenvalue weighted by Gasteiger charge is 2.24. The number of piperazine rings is 1. The highest BCUT2D eigenvalue weighted by atomic mass is 16.5. The maximum absolute atomic E-state index is 13.6. The number of ketones is 1. The van der Waals surface area contributed by atoms with E-state index in [0.717, 1.165) is 37.2 Å². The minimum absolute atomic E-state index is 0.0601. The first-order chi connectivity index (χ1) is 17.7. The molecule has 11 nitrogen and oxygen atoms in total. The van der Waals surface area contributed by atoms with Gasteiger partial charge >= 0.3 is 5.97 Å². The number of hydrogen-bond acceptors (Lipinski definition) is 8. The third-order valence-corrected chi connectivity index (χ3v) is 6.60. The number of aromatic nitrogens is 4. The first-order valence-corrected chi connectivity index (χ1v) is 12.6. The summed E-state index contributed by atoms with van der Waals surface area (Å²) in [6.07, 6.45) is 1.43. The summed E-state index contributed by atoms with van der Waals surface area (Å²) >= 11 is 0. The van der Waals surface area contributed by atoms with E-state index in [1.54, 1.807) is 25.2 Å². The maximum atomic E-state index is 13.6. The van der Waals surface area contributed by atoms with Crippen molar-refractivity contribution in [2.24, 2.45) is 7.05 Å². The van der Waals surface area contributed by atoms with Crippen LogP contribution in [0.1, 0.15) is 36.3 Å². The molecule has 0 amide bonds. The Hall–Kier alpha value is -3.57. The number of carboxylic acid groups (broad SMARTS) is 1. The quantitative estimate of drug-likeness (QED) is 0.406. The fraction of sp³-hybridized carbons (Fsp3) is 0.500. The molecule has 3 aromatic rings. The lowest BCUT2D eigenvalue weighted by Gasteiger charge is -2.31. The largest absolute Gasteiger partial charge is 0.493 e. The first kappa shape index (κ1) is 26.5. The molecule has 37 heavy (non-hydrogen) atoms. The van der Waals surface area contributed by atoms with E-state index in [1.807, 2.05) is 13.8 Å². The standard InChI is InChI=1S/C26H34N6O5/c1-5-7-19-23-24(30(4)28-19)26(36)32(16-22(34)35)25(27-23)18-14-17(8-9-21(18)37-6-2)20(33)15-31-12-10-29(3)11-13-31/h8-9,14H,5-7,10-13,15-16H2,1-4H3,(H,34,35). The molecule has 0 bridgehead atoms. The Labute approximate surface area is 215 Å². The Kier molecular flexibility index (Phi) is 8.03. The Morgan fingerprint density at radius 1 is 1.08 bits per heavy atom. The molecule has 1 aliphatic heterocycles. The summed E-state index contributed by atoms with van der Waals surface area (Å²) in [5.41, 5.74) is 1.69. The number of Topliss-reactive ketones (excluding diaryl/α,β-unsaturated/α-hetero) is 1. The van der Waals surface area contributed by atoms with Crippen LogP contribution in [0, 0.1) is 0 Å². The number of fused-ring (bicyclic) bond motifs is 1. The Morgan fingerprint density at radius 2 is 1.81 bits per heavy atom. The van der Waals surface area contributed by atoms with Gasteiger partial charge in [-0.15, -0.1) is 0 Å². The number of ether oxygens (including phenoxy) is 1. The molecule has 2 aromatic heterocycles. The van der Waals surface area contributed by atoms with Gasteiger partial charge in [0, 0.05) is 38.8 Å². The minimum atomic E-state index is -1.18. The van der Waals surface area contributed by atoms with Gasteiger partial charge in [-0.3, -0.25) is 28.5 Å². The van der Waals surface area contributed by atoms with Gasteiger partial charge < -0.3 is 14.7 Å². The second-order valence-electron chi connectivity index (χ2n) is 9.38. The molecule has 1 aromatic carbocycles. The number of aryl methyl sites for hydroxylation is 2. The summed E-state index contributed by atoms with van der Waals surface area (Å²) < 4.78 is 8.41. The van der Waals surface area contributed by atoms with Crippen LogP contribution in [0.2, 0.25) is 0 Å². The summed E-state index contributed by atoms with van der Waals surface area (Å²) in [7, 11) is 3.71. The predicted molar refractivity (Wildman–Crippen MR) is 139 cm³/mol. The fourth-order valence-corrected chi connectivity index (χ4v) is 4.67. The minimum Gasteiger partial charge on any atom is -0.493 e. The zero-order chi connectivity index (χ0) is 26.7. The molecule has 1 saturated heterocycles. The zero-order valence-corrected chi connectivity index (χ0v) is 21.9. The van der Waals surface area contributed by atoms with Crippen LogP contribution in [-0.4, -0.2) is 92.4 Å². The molecule has 198 valence electrons. The van der Waals surface area contributed by atoms with Crippen molar-refractivity contribution in [1.29, 1.82) is 0 Å². The Bertz CT molecular complexity index is 1370. The van der Waals surface area contributed by atoms with Crippen molar-refractivity contribution >= 4 is 22.8 Å². The lowest BCUT2D eigenvalue weighted by atomic mass is 10.0. The third kappa shape index (κ3) is 5.57. The van der Waals surface area contributed by atoms with E-state index in [0.29, 0.717) is 41.1 Å². The number of hydrogen-bond donors (Lipinski definition) is 1. The number of likely N-dealkylation sites (N-methyl/N-ethyl adjacent to an activating group) is 1. The van der Waals surface area contributed by atoms with Gasteiger partial charge in [-0.2, -0.15) is 5.10 Å². The van der Waals surface area contributed by atoms with Crippen LogP contribution in [0.5, 0.6) is 5.75 Å². The Morgan fingerprint density at radius 3 is 2.46 bits per heavy atom. The van der Waals surface area contributed by atoms with Gasteiger partial charge in [0.15, 0.2) is 11.3 Å². The number of nitrogens with zero attached hydrogens (tertiary/aromatic N) is 6. The smallest absolute Gasteiger partial charge is 0.323 e. The number of carbonyl (C=O) groups is 2.